The fourth-order valence-corrected chi connectivity index (χ4v) is 3.00. The predicted octanol–water partition coefficient (Wildman–Crippen LogP) is 3.86. The van der Waals surface area contributed by atoms with Gasteiger partial charge in [0.15, 0.2) is 5.65 Å². The van der Waals surface area contributed by atoms with Crippen LogP contribution in [-0.4, -0.2) is 21.9 Å². The Bertz CT molecular complexity index is 755. The van der Waals surface area contributed by atoms with Gasteiger partial charge in [0.1, 0.15) is 9.45 Å². The van der Waals surface area contributed by atoms with E-state index in [9.17, 15) is 0 Å². The third-order valence-corrected chi connectivity index (χ3v) is 4.23. The van der Waals surface area contributed by atoms with E-state index in [0.717, 1.165) is 30.5 Å². The molecule has 0 saturated carbocycles. The Balaban J connectivity index is 1.97. The van der Waals surface area contributed by atoms with Crippen molar-refractivity contribution in [2.45, 2.75) is 6.54 Å². The zero-order valence-corrected chi connectivity index (χ0v) is 14.4. The fourth-order valence-electron chi connectivity index (χ4n) is 2.01. The molecule has 3 aromatic rings. The molecule has 0 aliphatic rings. The van der Waals surface area contributed by atoms with Gasteiger partial charge in [-0.25, -0.2) is 9.67 Å². The van der Waals surface area contributed by atoms with Crippen molar-refractivity contribution in [2.24, 2.45) is 0 Å². The first-order valence-corrected chi connectivity index (χ1v) is 7.85. The molecular weight excluding hydrogens is 433 g/mol. The SMILES string of the molecule is COc1ccc(Cn2nc(I)c3cc(Br)cnc32)cc1. The van der Waals surface area contributed by atoms with Gasteiger partial charge in [-0.05, 0) is 62.3 Å². The average Bonchev–Trinajstić information content (AvgIpc) is 2.76. The van der Waals surface area contributed by atoms with E-state index in [1.54, 1.807) is 13.3 Å². The van der Waals surface area contributed by atoms with Crippen LogP contribution in [0.4, 0.5) is 0 Å². The van der Waals surface area contributed by atoms with E-state index in [4.69, 9.17) is 4.74 Å². The minimum atomic E-state index is 0.693. The maximum Gasteiger partial charge on any atom is 0.159 e. The van der Waals surface area contributed by atoms with Gasteiger partial charge in [0.2, 0.25) is 0 Å². The van der Waals surface area contributed by atoms with Crippen molar-refractivity contribution in [1.29, 1.82) is 0 Å². The molecule has 102 valence electrons. The normalized spacial score (nSPS) is 10.9. The number of aromatic nitrogens is 3. The number of halogens is 2. The molecule has 0 atom stereocenters. The Hall–Kier alpha value is -1.15. The van der Waals surface area contributed by atoms with Crippen LogP contribution in [0.1, 0.15) is 5.56 Å². The number of hydrogen-bond acceptors (Lipinski definition) is 3. The standard InChI is InChI=1S/C14H11BrIN3O/c1-20-11-4-2-9(3-5-11)8-19-14-12(13(16)18-19)6-10(15)7-17-14/h2-7H,8H2,1H3. The van der Waals surface area contributed by atoms with Gasteiger partial charge in [-0.3, -0.25) is 0 Å². The number of methoxy groups -OCH3 is 1. The molecular formula is C14H11BrIN3O. The first kappa shape index (κ1) is 13.8. The van der Waals surface area contributed by atoms with Crippen LogP contribution in [0.25, 0.3) is 11.0 Å². The first-order chi connectivity index (χ1) is 9.67. The summed E-state index contributed by atoms with van der Waals surface area (Å²) >= 11 is 5.68. The molecule has 0 fully saturated rings. The zero-order valence-electron chi connectivity index (χ0n) is 10.7. The molecule has 20 heavy (non-hydrogen) atoms. The second kappa shape index (κ2) is 5.69. The number of hydrogen-bond donors (Lipinski definition) is 0. The number of pyridine rings is 1. The summed E-state index contributed by atoms with van der Waals surface area (Å²) < 4.78 is 9.01. The topological polar surface area (TPSA) is 39.9 Å². The van der Waals surface area contributed by atoms with Crippen molar-refractivity contribution in [2.75, 3.05) is 7.11 Å². The summed E-state index contributed by atoms with van der Waals surface area (Å²) in [6.07, 6.45) is 1.80. The number of ether oxygens (including phenoxy) is 1. The minimum Gasteiger partial charge on any atom is -0.497 e. The Kier molecular flexibility index (Phi) is 3.93. The Morgan fingerprint density at radius 1 is 1.30 bits per heavy atom. The van der Waals surface area contributed by atoms with Crippen molar-refractivity contribution in [3.63, 3.8) is 0 Å². The maximum atomic E-state index is 5.17. The van der Waals surface area contributed by atoms with E-state index in [0.29, 0.717) is 6.54 Å². The van der Waals surface area contributed by atoms with Crippen LogP contribution in [0.2, 0.25) is 0 Å². The summed E-state index contributed by atoms with van der Waals surface area (Å²) in [5.74, 6) is 0.857. The molecule has 0 aliphatic carbocycles. The van der Waals surface area contributed by atoms with Gasteiger partial charge in [-0.15, -0.1) is 0 Å². The summed E-state index contributed by atoms with van der Waals surface area (Å²) in [5.41, 5.74) is 2.06. The summed E-state index contributed by atoms with van der Waals surface area (Å²) in [7, 11) is 1.67. The number of fused-ring (bicyclic) bond motifs is 1. The number of rotatable bonds is 3. The highest BCUT2D eigenvalue weighted by Crippen LogP contribution is 2.23. The second-order valence-corrected chi connectivity index (χ2v) is 6.26. The van der Waals surface area contributed by atoms with E-state index in [-0.39, 0.29) is 0 Å². The molecule has 0 spiro atoms. The Morgan fingerprint density at radius 3 is 2.75 bits per heavy atom. The van der Waals surface area contributed by atoms with Crippen LogP contribution < -0.4 is 4.74 Å². The van der Waals surface area contributed by atoms with Crippen molar-refractivity contribution >= 4 is 49.6 Å². The molecule has 0 saturated heterocycles. The summed E-state index contributed by atoms with van der Waals surface area (Å²) in [6, 6.07) is 10.0. The summed E-state index contributed by atoms with van der Waals surface area (Å²) in [6.45, 7) is 0.693. The van der Waals surface area contributed by atoms with Crippen molar-refractivity contribution in [1.82, 2.24) is 14.8 Å². The third kappa shape index (κ3) is 2.67. The van der Waals surface area contributed by atoms with Crippen LogP contribution in [0.3, 0.4) is 0 Å². The van der Waals surface area contributed by atoms with Crippen LogP contribution in [-0.2, 0) is 6.54 Å². The number of benzene rings is 1. The molecule has 0 unspecified atom stereocenters. The van der Waals surface area contributed by atoms with E-state index in [1.165, 1.54) is 0 Å². The lowest BCUT2D eigenvalue weighted by Crippen LogP contribution is -2.02. The van der Waals surface area contributed by atoms with E-state index in [2.05, 4.69) is 48.6 Å². The number of nitrogens with zero attached hydrogens (tertiary/aromatic N) is 3. The maximum absolute atomic E-state index is 5.17. The quantitative estimate of drug-likeness (QED) is 0.577. The van der Waals surface area contributed by atoms with Gasteiger partial charge in [-0.2, -0.15) is 5.10 Å². The molecule has 0 amide bonds. The van der Waals surface area contributed by atoms with Crippen molar-refractivity contribution in [3.05, 3.63) is 50.3 Å². The van der Waals surface area contributed by atoms with E-state index < -0.39 is 0 Å². The van der Waals surface area contributed by atoms with Gasteiger partial charge < -0.3 is 4.74 Å². The highest BCUT2D eigenvalue weighted by atomic mass is 127. The fraction of sp³-hybridized carbons (Fsp3) is 0.143. The highest BCUT2D eigenvalue weighted by molar-refractivity contribution is 14.1. The van der Waals surface area contributed by atoms with E-state index >= 15 is 0 Å². The van der Waals surface area contributed by atoms with Gasteiger partial charge in [0.05, 0.1) is 19.0 Å². The van der Waals surface area contributed by atoms with Crippen molar-refractivity contribution < 1.29 is 4.74 Å². The van der Waals surface area contributed by atoms with Gasteiger partial charge in [-0.1, -0.05) is 12.1 Å². The lowest BCUT2D eigenvalue weighted by atomic mass is 10.2. The minimum absolute atomic E-state index is 0.693. The monoisotopic (exact) mass is 443 g/mol. The molecule has 0 radical (unpaired) electrons. The summed E-state index contributed by atoms with van der Waals surface area (Å²) in [5, 5.41) is 5.62. The molecule has 0 aliphatic heterocycles. The van der Waals surface area contributed by atoms with Crippen LogP contribution >= 0.6 is 38.5 Å². The second-order valence-electron chi connectivity index (χ2n) is 4.32. The summed E-state index contributed by atoms with van der Waals surface area (Å²) in [4.78, 5) is 4.46. The van der Waals surface area contributed by atoms with Crippen LogP contribution in [0.5, 0.6) is 5.75 Å². The Labute approximate surface area is 138 Å². The Morgan fingerprint density at radius 2 is 2.05 bits per heavy atom. The van der Waals surface area contributed by atoms with Crippen molar-refractivity contribution in [3.8, 4) is 5.75 Å². The third-order valence-electron chi connectivity index (χ3n) is 3.00. The zero-order chi connectivity index (χ0) is 14.1. The van der Waals surface area contributed by atoms with Crippen LogP contribution in [0.15, 0.2) is 41.0 Å². The molecule has 0 bridgehead atoms. The lowest BCUT2D eigenvalue weighted by Gasteiger charge is -2.04. The highest BCUT2D eigenvalue weighted by Gasteiger charge is 2.10. The molecule has 2 aromatic heterocycles. The smallest absolute Gasteiger partial charge is 0.159 e. The first-order valence-electron chi connectivity index (χ1n) is 5.98. The molecule has 0 N–H and O–H groups in total. The molecule has 3 rings (SSSR count). The predicted molar refractivity (Wildman–Crippen MR) is 90.0 cm³/mol. The molecule has 1 aromatic carbocycles. The largest absolute Gasteiger partial charge is 0.497 e. The van der Waals surface area contributed by atoms with Gasteiger partial charge >= 0.3 is 0 Å². The lowest BCUT2D eigenvalue weighted by molar-refractivity contribution is 0.414. The van der Waals surface area contributed by atoms with E-state index in [1.807, 2.05) is 35.0 Å². The molecule has 4 nitrogen and oxygen atoms in total. The van der Waals surface area contributed by atoms with Gasteiger partial charge in [0, 0.05) is 10.7 Å². The molecule has 6 heteroatoms. The average molecular weight is 444 g/mol. The molecule has 2 heterocycles. The van der Waals surface area contributed by atoms with Crippen LogP contribution in [0, 0.1) is 3.70 Å². The van der Waals surface area contributed by atoms with Gasteiger partial charge in [0.25, 0.3) is 0 Å².